The van der Waals surface area contributed by atoms with E-state index in [2.05, 4.69) is 16.6 Å². The molecule has 0 aliphatic heterocycles. The lowest BCUT2D eigenvalue weighted by molar-refractivity contribution is 0.0957. The number of rotatable bonds is 7. The van der Waals surface area contributed by atoms with E-state index in [1.165, 1.54) is 25.3 Å². The molecule has 0 heterocycles. The van der Waals surface area contributed by atoms with Crippen LogP contribution in [0.2, 0.25) is 0 Å². The predicted octanol–water partition coefficient (Wildman–Crippen LogP) is 1.30. The van der Waals surface area contributed by atoms with Gasteiger partial charge in [-0.25, -0.2) is 13.1 Å². The molecule has 0 aliphatic carbocycles. The van der Waals surface area contributed by atoms with Crippen LogP contribution in [0.3, 0.4) is 0 Å². The number of carbonyl (C=O) groups is 1. The quantitative estimate of drug-likeness (QED) is 0.743. The van der Waals surface area contributed by atoms with E-state index in [-0.39, 0.29) is 28.2 Å². The number of ether oxygens (including phenoxy) is 1. The largest absolute Gasteiger partial charge is 0.495 e. The summed E-state index contributed by atoms with van der Waals surface area (Å²) in [4.78, 5) is 11.8. The van der Waals surface area contributed by atoms with Gasteiger partial charge in [0.2, 0.25) is 10.0 Å². The lowest BCUT2D eigenvalue weighted by Crippen LogP contribution is -2.31. The second-order valence-corrected chi connectivity index (χ2v) is 6.32. The number of hydrogen-bond acceptors (Lipinski definition) is 4. The number of benzene rings is 1. The van der Waals surface area contributed by atoms with E-state index in [9.17, 15) is 13.2 Å². The number of nitrogens with one attached hydrogen (secondary N) is 2. The minimum Gasteiger partial charge on any atom is -0.495 e. The van der Waals surface area contributed by atoms with Crippen LogP contribution in [0.5, 0.6) is 5.75 Å². The standard InChI is InChI=1S/C14H20N2O4S/c1-5-8-15-14(17)11-6-7-12(20-4)13(9-11)21(18,19)16-10(2)3/h5-7,9-10,16H,1,8H2,2-4H3,(H,15,17). The first-order chi connectivity index (χ1) is 9.81. The lowest BCUT2D eigenvalue weighted by Gasteiger charge is -2.14. The molecule has 0 unspecified atom stereocenters. The second-order valence-electron chi connectivity index (χ2n) is 4.64. The molecule has 0 bridgehead atoms. The maximum Gasteiger partial charge on any atom is 0.251 e. The average Bonchev–Trinajstić information content (AvgIpc) is 2.42. The van der Waals surface area contributed by atoms with Crippen molar-refractivity contribution in [2.45, 2.75) is 24.8 Å². The summed E-state index contributed by atoms with van der Waals surface area (Å²) in [7, 11) is -2.38. The van der Waals surface area contributed by atoms with Gasteiger partial charge in [-0.15, -0.1) is 6.58 Å². The van der Waals surface area contributed by atoms with Gasteiger partial charge in [0, 0.05) is 18.2 Å². The molecule has 1 rings (SSSR count). The molecular weight excluding hydrogens is 292 g/mol. The average molecular weight is 312 g/mol. The van der Waals surface area contributed by atoms with Gasteiger partial charge in [0.1, 0.15) is 10.6 Å². The van der Waals surface area contributed by atoms with Crippen LogP contribution >= 0.6 is 0 Å². The van der Waals surface area contributed by atoms with Gasteiger partial charge in [0.15, 0.2) is 0 Å². The minimum atomic E-state index is -3.75. The van der Waals surface area contributed by atoms with Crippen molar-refractivity contribution in [3.63, 3.8) is 0 Å². The van der Waals surface area contributed by atoms with Crippen LogP contribution in [-0.2, 0) is 10.0 Å². The zero-order valence-electron chi connectivity index (χ0n) is 12.3. The van der Waals surface area contributed by atoms with Crippen LogP contribution in [0.1, 0.15) is 24.2 Å². The van der Waals surface area contributed by atoms with E-state index >= 15 is 0 Å². The van der Waals surface area contributed by atoms with E-state index in [1.807, 2.05) is 0 Å². The van der Waals surface area contributed by atoms with Crippen LogP contribution in [0.4, 0.5) is 0 Å². The molecular formula is C14H20N2O4S. The highest BCUT2D eigenvalue weighted by Gasteiger charge is 2.22. The topological polar surface area (TPSA) is 84.5 Å². The van der Waals surface area contributed by atoms with Crippen molar-refractivity contribution >= 4 is 15.9 Å². The molecule has 1 aromatic carbocycles. The van der Waals surface area contributed by atoms with Gasteiger partial charge in [0.05, 0.1) is 7.11 Å². The maximum atomic E-state index is 12.3. The Morgan fingerprint density at radius 3 is 2.62 bits per heavy atom. The van der Waals surface area contributed by atoms with Crippen molar-refractivity contribution in [2.24, 2.45) is 0 Å². The van der Waals surface area contributed by atoms with Crippen LogP contribution in [0.15, 0.2) is 35.7 Å². The third-order valence-corrected chi connectivity index (χ3v) is 4.19. The molecule has 21 heavy (non-hydrogen) atoms. The van der Waals surface area contributed by atoms with Crippen LogP contribution in [-0.4, -0.2) is 34.0 Å². The summed E-state index contributed by atoms with van der Waals surface area (Å²) in [5.41, 5.74) is 0.238. The Hall–Kier alpha value is -1.86. The fourth-order valence-electron chi connectivity index (χ4n) is 1.67. The van der Waals surface area contributed by atoms with E-state index in [1.54, 1.807) is 19.9 Å². The lowest BCUT2D eigenvalue weighted by atomic mass is 10.2. The highest BCUT2D eigenvalue weighted by Crippen LogP contribution is 2.25. The number of methoxy groups -OCH3 is 1. The van der Waals surface area contributed by atoms with Gasteiger partial charge in [0.25, 0.3) is 5.91 Å². The third kappa shape index (κ3) is 4.57. The first-order valence-electron chi connectivity index (χ1n) is 6.41. The van der Waals surface area contributed by atoms with Gasteiger partial charge in [-0.2, -0.15) is 0 Å². The van der Waals surface area contributed by atoms with Crippen molar-refractivity contribution in [1.29, 1.82) is 0 Å². The molecule has 0 radical (unpaired) electrons. The summed E-state index contributed by atoms with van der Waals surface area (Å²) in [6.07, 6.45) is 1.54. The molecule has 0 fully saturated rings. The molecule has 116 valence electrons. The fourth-order valence-corrected chi connectivity index (χ4v) is 3.11. The highest BCUT2D eigenvalue weighted by atomic mass is 32.2. The Bertz CT molecular complexity index is 624. The smallest absolute Gasteiger partial charge is 0.251 e. The summed E-state index contributed by atoms with van der Waals surface area (Å²) in [6, 6.07) is 3.99. The van der Waals surface area contributed by atoms with E-state index in [0.717, 1.165) is 0 Å². The molecule has 1 aromatic rings. The Morgan fingerprint density at radius 1 is 1.43 bits per heavy atom. The molecule has 7 heteroatoms. The summed E-state index contributed by atoms with van der Waals surface area (Å²) in [5, 5.41) is 2.59. The summed E-state index contributed by atoms with van der Waals surface area (Å²) in [6.45, 7) is 7.23. The predicted molar refractivity (Wildman–Crippen MR) is 81.0 cm³/mol. The SMILES string of the molecule is C=CCNC(=O)c1ccc(OC)c(S(=O)(=O)NC(C)C)c1. The van der Waals surface area contributed by atoms with Crippen molar-refractivity contribution in [3.8, 4) is 5.75 Å². The molecule has 6 nitrogen and oxygen atoms in total. The Balaban J connectivity index is 3.23. The first-order valence-corrected chi connectivity index (χ1v) is 7.89. The molecule has 0 aliphatic rings. The van der Waals surface area contributed by atoms with Crippen molar-refractivity contribution in [1.82, 2.24) is 10.0 Å². The number of carbonyl (C=O) groups excluding carboxylic acids is 1. The summed E-state index contributed by atoms with van der Waals surface area (Å²) < 4.78 is 32.1. The first kappa shape index (κ1) is 17.2. The van der Waals surface area contributed by atoms with Crippen LogP contribution in [0, 0.1) is 0 Å². The van der Waals surface area contributed by atoms with Gasteiger partial charge >= 0.3 is 0 Å². The zero-order valence-corrected chi connectivity index (χ0v) is 13.2. The van der Waals surface area contributed by atoms with E-state index in [0.29, 0.717) is 6.54 Å². The third-order valence-electron chi connectivity index (χ3n) is 2.51. The highest BCUT2D eigenvalue weighted by molar-refractivity contribution is 7.89. The van der Waals surface area contributed by atoms with E-state index in [4.69, 9.17) is 4.74 Å². The van der Waals surface area contributed by atoms with Gasteiger partial charge in [-0.3, -0.25) is 4.79 Å². The van der Waals surface area contributed by atoms with Crippen molar-refractivity contribution in [2.75, 3.05) is 13.7 Å². The summed E-state index contributed by atoms with van der Waals surface area (Å²) in [5.74, 6) is -0.193. The summed E-state index contributed by atoms with van der Waals surface area (Å²) >= 11 is 0. The molecule has 0 saturated heterocycles. The second kappa shape index (κ2) is 7.24. The molecule has 0 atom stereocenters. The number of sulfonamides is 1. The molecule has 0 spiro atoms. The number of amides is 1. The van der Waals surface area contributed by atoms with Crippen LogP contribution in [0.25, 0.3) is 0 Å². The zero-order chi connectivity index (χ0) is 16.0. The molecule has 1 amide bonds. The van der Waals surface area contributed by atoms with Crippen molar-refractivity contribution in [3.05, 3.63) is 36.4 Å². The Morgan fingerprint density at radius 2 is 2.10 bits per heavy atom. The fraction of sp³-hybridized carbons (Fsp3) is 0.357. The van der Waals surface area contributed by atoms with E-state index < -0.39 is 10.0 Å². The van der Waals surface area contributed by atoms with Gasteiger partial charge in [-0.05, 0) is 32.0 Å². The molecule has 0 saturated carbocycles. The normalized spacial score (nSPS) is 11.2. The van der Waals surface area contributed by atoms with Gasteiger partial charge < -0.3 is 10.1 Å². The van der Waals surface area contributed by atoms with Crippen LogP contribution < -0.4 is 14.8 Å². The maximum absolute atomic E-state index is 12.3. The Kier molecular flexibility index (Phi) is 5.92. The van der Waals surface area contributed by atoms with Gasteiger partial charge in [-0.1, -0.05) is 6.08 Å². The Labute approximate surface area is 125 Å². The molecule has 2 N–H and O–H groups in total. The van der Waals surface area contributed by atoms with Crippen molar-refractivity contribution < 1.29 is 17.9 Å². The minimum absolute atomic E-state index is 0.0649. The number of hydrogen-bond donors (Lipinski definition) is 2. The molecule has 0 aromatic heterocycles. The monoisotopic (exact) mass is 312 g/mol.